The highest BCUT2D eigenvalue weighted by molar-refractivity contribution is 7.55. The van der Waals surface area contributed by atoms with Gasteiger partial charge in [0.05, 0.1) is 13.2 Å². The van der Waals surface area contributed by atoms with E-state index in [0.717, 1.165) is 27.0 Å². The Morgan fingerprint density at radius 3 is 2.69 bits per heavy atom. The third-order valence-corrected chi connectivity index (χ3v) is 7.33. The molecule has 0 saturated carbocycles. The molecule has 1 saturated heterocycles. The lowest BCUT2D eigenvalue weighted by atomic mass is 10.1. The van der Waals surface area contributed by atoms with Gasteiger partial charge >= 0.3 is 21.8 Å². The number of hydrogen-bond donors (Lipinski definition) is 4. The van der Waals surface area contributed by atoms with Crippen LogP contribution in [0.4, 0.5) is 0 Å². The van der Waals surface area contributed by atoms with Crippen molar-refractivity contribution in [3.63, 3.8) is 0 Å². The number of nitrogens with zero attached hydrogens (tertiary/aromatic N) is 3. The fourth-order valence-corrected chi connectivity index (χ4v) is 4.96. The molecule has 4 N–H and O–H groups in total. The second-order valence-corrected chi connectivity index (χ2v) is 10.2. The number of aliphatic hydroxyl groups excluding tert-OH is 2. The molecule has 1 aromatic carbocycles. The van der Waals surface area contributed by atoms with Crippen molar-refractivity contribution in [1.82, 2.24) is 14.3 Å². The molecule has 6 atom stereocenters. The third-order valence-electron chi connectivity index (χ3n) is 5.31. The monoisotopic (exact) mass is 533 g/mol. The van der Waals surface area contributed by atoms with Crippen LogP contribution in [-0.4, -0.2) is 59.2 Å². The van der Waals surface area contributed by atoms with Crippen molar-refractivity contribution in [2.75, 3.05) is 6.61 Å². The third kappa shape index (κ3) is 5.38. The maximum Gasteiger partial charge on any atom is 0.479 e. The van der Waals surface area contributed by atoms with Crippen LogP contribution in [-0.2, 0) is 29.2 Å². The molecule has 1 fully saturated rings. The smallest absolute Gasteiger partial charge is 0.387 e. The van der Waals surface area contributed by atoms with Crippen LogP contribution in [0, 0.1) is 6.92 Å². The van der Waals surface area contributed by atoms with E-state index in [4.69, 9.17) is 14.2 Å². The lowest BCUT2D eigenvalue weighted by Gasteiger charge is -2.18. The molecule has 0 aliphatic carbocycles. The zero-order valence-electron chi connectivity index (χ0n) is 18.0. The quantitative estimate of drug-likeness (QED) is 0.273. The van der Waals surface area contributed by atoms with Gasteiger partial charge < -0.3 is 29.3 Å². The van der Waals surface area contributed by atoms with Crippen LogP contribution in [0.1, 0.15) is 17.5 Å². The van der Waals surface area contributed by atoms with Gasteiger partial charge in [-0.25, -0.2) is 13.7 Å². The fraction of sp³-hybridized carbons (Fsp3) is 0.389. The number of aliphatic hydroxyl groups is 2. The average Bonchev–Trinajstić information content (AvgIpc) is 3.29. The number of phosphoric ester groups is 1. The molecule has 15 nitrogen and oxygen atoms in total. The van der Waals surface area contributed by atoms with Crippen LogP contribution in [0.3, 0.4) is 0 Å². The Morgan fingerprint density at radius 2 is 1.97 bits per heavy atom. The summed E-state index contributed by atoms with van der Waals surface area (Å²) >= 11 is 0. The van der Waals surface area contributed by atoms with Gasteiger partial charge in [-0.05, 0) is 19.1 Å². The molecule has 4 rings (SSSR count). The summed E-state index contributed by atoms with van der Waals surface area (Å²) in [6.45, 7) is 0.781. The summed E-state index contributed by atoms with van der Waals surface area (Å²) in [5, 5.41) is 25.2. The highest BCUT2D eigenvalue weighted by Gasteiger charge is 2.45. The van der Waals surface area contributed by atoms with Gasteiger partial charge in [0.1, 0.15) is 24.0 Å². The Labute approximate surface area is 196 Å². The summed E-state index contributed by atoms with van der Waals surface area (Å²) in [5.41, 5.74) is 0.136. The molecule has 0 amide bonds. The number of hydrogen-bond acceptors (Lipinski definition) is 11. The topological polar surface area (TPSA) is 213 Å². The molecule has 3 aromatic rings. The summed E-state index contributed by atoms with van der Waals surface area (Å²) in [6, 6.07) is 6.36. The van der Waals surface area contributed by atoms with Gasteiger partial charge in [0.25, 0.3) is 5.56 Å². The minimum atomic E-state index is -4.94. The first kappa shape index (κ1) is 25.6. The molecule has 190 valence electrons. The Bertz CT molecular complexity index is 1430. The molecule has 2 aromatic heterocycles. The molecule has 0 bridgehead atoms. The maximum absolute atomic E-state index is 13.1. The van der Waals surface area contributed by atoms with E-state index in [0.29, 0.717) is 16.7 Å². The minimum Gasteiger partial charge on any atom is -0.387 e. The molecule has 0 spiro atoms. The molecule has 1 aliphatic rings. The summed E-state index contributed by atoms with van der Waals surface area (Å²) in [7, 11) is -8.74. The molecule has 0 radical (unpaired) electrons. The van der Waals surface area contributed by atoms with Crippen LogP contribution in [0.25, 0.3) is 11.0 Å². The Kier molecular flexibility index (Phi) is 7.25. The fourth-order valence-electron chi connectivity index (χ4n) is 3.63. The average molecular weight is 533 g/mol. The van der Waals surface area contributed by atoms with Crippen molar-refractivity contribution in [1.29, 1.82) is 0 Å². The van der Waals surface area contributed by atoms with E-state index < -0.39 is 58.5 Å². The molecular weight excluding hydrogens is 512 g/mol. The lowest BCUT2D eigenvalue weighted by molar-refractivity contribution is -0.0546. The standard InChI is InChI=1S/C18H21N3O12P2/c1-9-2-3-12-10(6-9)11(19-32-12)7-21-14(22)4-5-20(18(21)25)17-16(24)15(23)13(31-17)8-30-35(28,29)33-34(26)27/h2-6,13,15-17,23-24,34H,7-8H2,1H3,(H,26,27)(H,28,29)/t13-,15?,16+,17-/m1/s1. The summed E-state index contributed by atoms with van der Waals surface area (Å²) in [4.78, 5) is 43.6. The normalized spacial score (nSPS) is 25.1. The van der Waals surface area contributed by atoms with Crippen molar-refractivity contribution >= 4 is 27.0 Å². The van der Waals surface area contributed by atoms with Crippen LogP contribution >= 0.6 is 16.1 Å². The second-order valence-electron chi connectivity index (χ2n) is 7.73. The van der Waals surface area contributed by atoms with Crippen LogP contribution in [0.15, 0.2) is 44.6 Å². The number of fused-ring (bicyclic) bond motifs is 1. The summed E-state index contributed by atoms with van der Waals surface area (Å²) in [6.07, 6.45) is -5.23. The Balaban J connectivity index is 1.58. The van der Waals surface area contributed by atoms with Crippen molar-refractivity contribution < 1.29 is 47.2 Å². The van der Waals surface area contributed by atoms with Crippen LogP contribution in [0.5, 0.6) is 0 Å². The van der Waals surface area contributed by atoms with E-state index in [1.165, 1.54) is 0 Å². The molecule has 3 heterocycles. The molecule has 3 unspecified atom stereocenters. The highest BCUT2D eigenvalue weighted by Crippen LogP contribution is 2.51. The Morgan fingerprint density at radius 1 is 1.23 bits per heavy atom. The van der Waals surface area contributed by atoms with Crippen LogP contribution in [0.2, 0.25) is 0 Å². The van der Waals surface area contributed by atoms with Crippen molar-refractivity contribution in [3.05, 3.63) is 62.6 Å². The SMILES string of the molecule is Cc1ccc2onc(Cn3c(=O)ccn([C@@H]4O[C@H](COP(=O)(O)O[PH](=O)O)C(O)[C@@H]4O)c3=O)c2c1. The second kappa shape index (κ2) is 9.90. The van der Waals surface area contributed by atoms with E-state index in [2.05, 4.69) is 14.0 Å². The van der Waals surface area contributed by atoms with Crippen molar-refractivity contribution in [2.24, 2.45) is 0 Å². The number of aromatic nitrogens is 3. The van der Waals surface area contributed by atoms with E-state index in [9.17, 15) is 33.8 Å². The Hall–Kier alpha value is -2.45. The number of benzene rings is 1. The first-order chi connectivity index (χ1) is 16.5. The van der Waals surface area contributed by atoms with Gasteiger partial charge in [-0.2, -0.15) is 0 Å². The first-order valence-corrected chi connectivity index (χ1v) is 12.8. The van der Waals surface area contributed by atoms with Gasteiger partial charge in [-0.3, -0.25) is 23.0 Å². The van der Waals surface area contributed by atoms with Gasteiger partial charge in [0.2, 0.25) is 0 Å². The summed E-state index contributed by atoms with van der Waals surface area (Å²) in [5.74, 6) is 0. The van der Waals surface area contributed by atoms with Crippen molar-refractivity contribution in [3.8, 4) is 0 Å². The number of phosphoric acid groups is 1. The van der Waals surface area contributed by atoms with E-state index in [-0.39, 0.29) is 6.54 Å². The van der Waals surface area contributed by atoms with Gasteiger partial charge in [0.15, 0.2) is 11.8 Å². The number of rotatable bonds is 8. The summed E-state index contributed by atoms with van der Waals surface area (Å²) < 4.78 is 43.0. The minimum absolute atomic E-state index is 0.252. The maximum atomic E-state index is 13.1. The van der Waals surface area contributed by atoms with E-state index >= 15 is 0 Å². The predicted molar refractivity (Wildman–Crippen MR) is 117 cm³/mol. The molecular formula is C18H21N3O12P2. The van der Waals surface area contributed by atoms with Crippen LogP contribution < -0.4 is 11.2 Å². The van der Waals surface area contributed by atoms with Crippen molar-refractivity contribution in [2.45, 2.75) is 38.0 Å². The molecule has 35 heavy (non-hydrogen) atoms. The number of ether oxygens (including phenoxy) is 1. The van der Waals surface area contributed by atoms with Gasteiger partial charge in [-0.1, -0.05) is 16.8 Å². The molecule has 1 aliphatic heterocycles. The number of aryl methyl sites for hydroxylation is 1. The zero-order valence-corrected chi connectivity index (χ0v) is 19.8. The van der Waals surface area contributed by atoms with E-state index in [1.54, 1.807) is 12.1 Å². The van der Waals surface area contributed by atoms with E-state index in [1.807, 2.05) is 13.0 Å². The first-order valence-electron chi connectivity index (χ1n) is 10.0. The lowest BCUT2D eigenvalue weighted by Crippen LogP contribution is -2.43. The molecule has 17 heteroatoms. The van der Waals surface area contributed by atoms with Gasteiger partial charge in [0, 0.05) is 17.6 Å². The zero-order chi connectivity index (χ0) is 25.5. The van der Waals surface area contributed by atoms with Gasteiger partial charge in [-0.15, -0.1) is 0 Å². The highest BCUT2D eigenvalue weighted by atomic mass is 31.2. The predicted octanol–water partition coefficient (Wildman–Crippen LogP) is -0.357. The largest absolute Gasteiger partial charge is 0.479 e.